The van der Waals surface area contributed by atoms with E-state index < -0.39 is 0 Å². The Morgan fingerprint density at radius 3 is 2.62 bits per heavy atom. The number of ether oxygens (including phenoxy) is 3. The fourth-order valence-electron chi connectivity index (χ4n) is 4.32. The summed E-state index contributed by atoms with van der Waals surface area (Å²) in [5.41, 5.74) is 2.15. The van der Waals surface area contributed by atoms with Gasteiger partial charge in [-0.15, -0.1) is 0 Å². The van der Waals surface area contributed by atoms with Gasteiger partial charge in [0, 0.05) is 37.9 Å². The van der Waals surface area contributed by atoms with Crippen LogP contribution >= 0.6 is 11.6 Å². The molecule has 4 heterocycles. The molecule has 1 atom stereocenters. The minimum absolute atomic E-state index is 0.0280. The van der Waals surface area contributed by atoms with Gasteiger partial charge in [0.1, 0.15) is 0 Å². The zero-order valence-corrected chi connectivity index (χ0v) is 15.6. The first-order valence-corrected chi connectivity index (χ1v) is 9.93. The van der Waals surface area contributed by atoms with Gasteiger partial charge in [0.15, 0.2) is 12.0 Å². The van der Waals surface area contributed by atoms with E-state index in [1.165, 1.54) is 6.42 Å². The van der Waals surface area contributed by atoms with Crippen molar-refractivity contribution in [1.29, 1.82) is 0 Å². The normalized spacial score (nSPS) is 26.0. The van der Waals surface area contributed by atoms with Gasteiger partial charge < -0.3 is 19.1 Å². The van der Waals surface area contributed by atoms with Crippen molar-refractivity contribution in [2.75, 3.05) is 37.8 Å². The van der Waals surface area contributed by atoms with Gasteiger partial charge in [-0.1, -0.05) is 11.6 Å². The molecule has 6 nitrogen and oxygen atoms in total. The first-order chi connectivity index (χ1) is 12.7. The van der Waals surface area contributed by atoms with Crippen LogP contribution in [0, 0.1) is 0 Å². The van der Waals surface area contributed by atoms with Gasteiger partial charge in [-0.25, -0.2) is 4.68 Å². The van der Waals surface area contributed by atoms with Crippen molar-refractivity contribution < 1.29 is 14.2 Å². The van der Waals surface area contributed by atoms with Crippen molar-refractivity contribution in [3.05, 3.63) is 23.4 Å². The molecule has 0 radical (unpaired) electrons. The van der Waals surface area contributed by atoms with E-state index in [2.05, 4.69) is 16.1 Å². The molecule has 0 amide bonds. The molecule has 140 valence electrons. The molecule has 0 N–H and O–H groups in total. The van der Waals surface area contributed by atoms with Crippen molar-refractivity contribution in [1.82, 2.24) is 9.78 Å². The van der Waals surface area contributed by atoms with E-state index in [-0.39, 0.29) is 12.0 Å². The van der Waals surface area contributed by atoms with Crippen LogP contribution in [-0.2, 0) is 14.2 Å². The molecule has 7 heteroatoms. The highest BCUT2D eigenvalue weighted by Gasteiger charge is 2.40. The molecular formula is C19H24ClN3O3. The quantitative estimate of drug-likeness (QED) is 0.798. The third kappa shape index (κ3) is 2.89. The van der Waals surface area contributed by atoms with E-state index in [9.17, 15) is 0 Å². The summed E-state index contributed by atoms with van der Waals surface area (Å²) in [6, 6.07) is 4.18. The molecule has 3 fully saturated rings. The van der Waals surface area contributed by atoms with E-state index >= 15 is 0 Å². The number of nitrogens with zero attached hydrogens (tertiary/aromatic N) is 3. The molecule has 0 bridgehead atoms. The number of fused-ring (bicyclic) bond motifs is 1. The molecule has 3 aliphatic rings. The maximum absolute atomic E-state index is 6.61. The Balaban J connectivity index is 1.43. The van der Waals surface area contributed by atoms with Crippen LogP contribution in [0.5, 0.6) is 0 Å². The maximum atomic E-state index is 6.61. The average Bonchev–Trinajstić information content (AvgIpc) is 3.30. The summed E-state index contributed by atoms with van der Waals surface area (Å²) >= 11 is 6.61. The third-order valence-electron chi connectivity index (χ3n) is 5.77. The first kappa shape index (κ1) is 16.8. The number of hydrogen-bond acceptors (Lipinski definition) is 5. The van der Waals surface area contributed by atoms with Gasteiger partial charge in [-0.3, -0.25) is 0 Å². The molecule has 3 saturated heterocycles. The number of hydrogen-bond donors (Lipinski definition) is 0. The monoisotopic (exact) mass is 377 g/mol. The van der Waals surface area contributed by atoms with Crippen LogP contribution in [-0.4, -0.2) is 48.5 Å². The second-order valence-electron chi connectivity index (χ2n) is 7.37. The highest BCUT2D eigenvalue weighted by atomic mass is 35.5. The number of anilines is 1. The second kappa shape index (κ2) is 6.68. The van der Waals surface area contributed by atoms with E-state index in [1.807, 2.05) is 16.9 Å². The number of rotatable bonds is 2. The Hall–Kier alpha value is -1.34. The topological polar surface area (TPSA) is 48.8 Å². The summed E-state index contributed by atoms with van der Waals surface area (Å²) in [5.74, 6) is -0.370. The fraction of sp³-hybridized carbons (Fsp3) is 0.632. The Bertz CT molecular complexity index is 787. The summed E-state index contributed by atoms with van der Waals surface area (Å²) in [6.45, 7) is 3.96. The summed E-state index contributed by atoms with van der Waals surface area (Å²) in [5, 5.41) is 6.41. The standard InChI is InChI=1S/C19H24ClN3O3/c20-15-11-14-13-21-23(18-3-1-2-8-24-18)16(14)12-17(15)22-6-4-19(5-7-22)25-9-10-26-19/h11-13,18H,1-10H2. The number of benzene rings is 1. The maximum Gasteiger partial charge on any atom is 0.171 e. The molecule has 1 spiro atoms. The summed E-state index contributed by atoms with van der Waals surface area (Å²) in [7, 11) is 0. The van der Waals surface area contributed by atoms with Crippen molar-refractivity contribution in [2.24, 2.45) is 0 Å². The third-order valence-corrected chi connectivity index (χ3v) is 6.07. The van der Waals surface area contributed by atoms with E-state index in [0.717, 1.165) is 67.0 Å². The Morgan fingerprint density at radius 1 is 1.08 bits per heavy atom. The minimum Gasteiger partial charge on any atom is -0.370 e. The van der Waals surface area contributed by atoms with Gasteiger partial charge in [-0.2, -0.15) is 5.10 Å². The Morgan fingerprint density at radius 2 is 1.88 bits per heavy atom. The predicted molar refractivity (Wildman–Crippen MR) is 99.7 cm³/mol. The Kier molecular flexibility index (Phi) is 4.32. The molecule has 0 aliphatic carbocycles. The Labute approximate surface area is 157 Å². The lowest BCUT2D eigenvalue weighted by molar-refractivity contribution is -0.169. The minimum atomic E-state index is -0.370. The SMILES string of the molecule is Clc1cc2cnn(C3CCCCO3)c2cc1N1CCC2(CC1)OCCO2. The van der Waals surface area contributed by atoms with E-state index in [1.54, 1.807) is 0 Å². The van der Waals surface area contributed by atoms with Crippen LogP contribution in [0.3, 0.4) is 0 Å². The molecule has 26 heavy (non-hydrogen) atoms. The average molecular weight is 378 g/mol. The van der Waals surface area contributed by atoms with Crippen molar-refractivity contribution in [3.8, 4) is 0 Å². The van der Waals surface area contributed by atoms with Crippen LogP contribution in [0.2, 0.25) is 5.02 Å². The summed E-state index contributed by atoms with van der Waals surface area (Å²) < 4.78 is 19.6. The molecular weight excluding hydrogens is 354 g/mol. The highest BCUT2D eigenvalue weighted by molar-refractivity contribution is 6.34. The van der Waals surface area contributed by atoms with Crippen LogP contribution in [0.15, 0.2) is 18.3 Å². The molecule has 0 saturated carbocycles. The van der Waals surface area contributed by atoms with Crippen molar-refractivity contribution in [3.63, 3.8) is 0 Å². The van der Waals surface area contributed by atoms with Crippen LogP contribution in [0.4, 0.5) is 5.69 Å². The summed E-state index contributed by atoms with van der Waals surface area (Å²) in [4.78, 5) is 2.33. The number of halogens is 1. The predicted octanol–water partition coefficient (Wildman–Crippen LogP) is 3.73. The van der Waals surface area contributed by atoms with Crippen molar-refractivity contribution in [2.45, 2.75) is 44.1 Å². The number of piperidine rings is 1. The van der Waals surface area contributed by atoms with Gasteiger partial charge in [0.25, 0.3) is 0 Å². The molecule has 1 aromatic heterocycles. The largest absolute Gasteiger partial charge is 0.370 e. The smallest absolute Gasteiger partial charge is 0.171 e. The van der Waals surface area contributed by atoms with E-state index in [4.69, 9.17) is 25.8 Å². The fourth-order valence-corrected chi connectivity index (χ4v) is 4.61. The van der Waals surface area contributed by atoms with Crippen LogP contribution in [0.1, 0.15) is 38.3 Å². The van der Waals surface area contributed by atoms with Gasteiger partial charge in [0.2, 0.25) is 0 Å². The van der Waals surface area contributed by atoms with Crippen molar-refractivity contribution >= 4 is 28.2 Å². The first-order valence-electron chi connectivity index (χ1n) is 9.55. The second-order valence-corrected chi connectivity index (χ2v) is 7.77. The highest BCUT2D eigenvalue weighted by Crippen LogP contribution is 2.38. The van der Waals surface area contributed by atoms with Gasteiger partial charge in [-0.05, 0) is 31.4 Å². The summed E-state index contributed by atoms with van der Waals surface area (Å²) in [6.07, 6.45) is 6.97. The lowest BCUT2D eigenvalue weighted by Crippen LogP contribution is -2.45. The van der Waals surface area contributed by atoms with Gasteiger partial charge in [0.05, 0.1) is 35.6 Å². The number of aromatic nitrogens is 2. The zero-order valence-electron chi connectivity index (χ0n) is 14.8. The molecule has 5 rings (SSSR count). The van der Waals surface area contributed by atoms with Crippen LogP contribution in [0.25, 0.3) is 10.9 Å². The zero-order chi connectivity index (χ0) is 17.6. The lowest BCUT2D eigenvalue weighted by Gasteiger charge is -2.39. The molecule has 3 aliphatic heterocycles. The van der Waals surface area contributed by atoms with Crippen LogP contribution < -0.4 is 4.90 Å². The lowest BCUT2D eigenvalue weighted by atomic mass is 10.0. The molecule has 1 aromatic carbocycles. The molecule has 2 aromatic rings. The molecule has 1 unspecified atom stereocenters. The van der Waals surface area contributed by atoms with E-state index in [0.29, 0.717) is 13.2 Å². The van der Waals surface area contributed by atoms with Gasteiger partial charge >= 0.3 is 0 Å².